The molecule has 2 atom stereocenters. The Morgan fingerprint density at radius 1 is 1.50 bits per heavy atom. The molecule has 1 unspecified atom stereocenters. The molecule has 2 rings (SSSR count). The van der Waals surface area contributed by atoms with Crippen LogP contribution in [-0.4, -0.2) is 43.5 Å². The zero-order chi connectivity index (χ0) is 12.0. The third kappa shape index (κ3) is 1.91. The normalized spacial score (nSPS) is 47.4. The van der Waals surface area contributed by atoms with Crippen molar-refractivity contribution in [3.05, 3.63) is 0 Å². The average Bonchev–Trinajstić information content (AvgIpc) is 3.00. The minimum atomic E-state index is -3.13. The van der Waals surface area contributed by atoms with E-state index in [1.54, 1.807) is 11.6 Å². The highest BCUT2D eigenvalue weighted by molar-refractivity contribution is 7.51. The highest BCUT2D eigenvalue weighted by Crippen LogP contribution is 2.61. The first-order chi connectivity index (χ1) is 7.41. The lowest BCUT2D eigenvalue weighted by molar-refractivity contribution is -0.158. The first kappa shape index (κ1) is 12.0. The lowest BCUT2D eigenvalue weighted by atomic mass is 9.93. The molecule has 6 nitrogen and oxygen atoms in total. The second-order valence-electron chi connectivity index (χ2n) is 4.54. The highest BCUT2D eigenvalue weighted by atomic mass is 31.2. The summed E-state index contributed by atoms with van der Waals surface area (Å²) in [5, 5.41) is 0. The fourth-order valence-corrected chi connectivity index (χ4v) is 3.79. The second kappa shape index (κ2) is 3.81. The Morgan fingerprint density at radius 2 is 2.00 bits per heavy atom. The maximum absolute atomic E-state index is 12.1. The summed E-state index contributed by atoms with van der Waals surface area (Å²) in [7, 11) is -1.82. The number of nitrogens with zero attached hydrogens (tertiary/aromatic N) is 1. The maximum Gasteiger partial charge on any atom is 0.408 e. The minimum absolute atomic E-state index is 0.0696. The van der Waals surface area contributed by atoms with Gasteiger partial charge in [0.25, 0.3) is 0 Å². The molecule has 7 heteroatoms. The van der Waals surface area contributed by atoms with Crippen LogP contribution in [0, 0.1) is 5.41 Å². The van der Waals surface area contributed by atoms with Crippen molar-refractivity contribution in [3.63, 3.8) is 0 Å². The Balaban J connectivity index is 2.01. The van der Waals surface area contributed by atoms with E-state index in [0.29, 0.717) is 6.54 Å². The van der Waals surface area contributed by atoms with Gasteiger partial charge < -0.3 is 4.74 Å². The van der Waals surface area contributed by atoms with E-state index in [0.717, 1.165) is 0 Å². The predicted octanol–water partition coefficient (Wildman–Crippen LogP) is 1.02. The molecule has 0 spiro atoms. The first-order valence-corrected chi connectivity index (χ1v) is 6.65. The summed E-state index contributed by atoms with van der Waals surface area (Å²) in [4.78, 5) is 11.5. The third-order valence-electron chi connectivity index (χ3n) is 2.91. The van der Waals surface area contributed by atoms with Gasteiger partial charge in [0, 0.05) is 12.6 Å². The van der Waals surface area contributed by atoms with Gasteiger partial charge in [0.15, 0.2) is 0 Å². The molecule has 0 radical (unpaired) electrons. The van der Waals surface area contributed by atoms with Crippen LogP contribution in [0.4, 0.5) is 0 Å². The molecule has 0 N–H and O–H groups in total. The number of hydrogen-bond donors (Lipinski definition) is 0. The standard InChI is InChI=1S/C9H16NO5P/c1-7-4-10(7)16(12)14-5-9(2,6-15-16)8(11)13-3/h7H,4-6H2,1-3H3/t7-,9?,10?,16?/m0/s1. The molecule has 2 aliphatic heterocycles. The Hall–Kier alpha value is -0.420. The van der Waals surface area contributed by atoms with Gasteiger partial charge in [0.1, 0.15) is 5.41 Å². The van der Waals surface area contributed by atoms with E-state index < -0.39 is 19.1 Å². The van der Waals surface area contributed by atoms with Crippen LogP contribution in [0.3, 0.4) is 0 Å². The maximum atomic E-state index is 12.1. The second-order valence-corrected chi connectivity index (χ2v) is 6.51. The average molecular weight is 249 g/mol. The number of carbonyl (C=O) groups is 1. The number of methoxy groups -OCH3 is 1. The summed E-state index contributed by atoms with van der Waals surface area (Å²) < 4.78 is 29.0. The van der Waals surface area contributed by atoms with Crippen LogP contribution in [0.5, 0.6) is 0 Å². The van der Waals surface area contributed by atoms with Crippen LogP contribution in [0.2, 0.25) is 0 Å². The lowest BCUT2D eigenvalue weighted by Gasteiger charge is -2.34. The van der Waals surface area contributed by atoms with Crippen molar-refractivity contribution in [2.45, 2.75) is 19.9 Å². The van der Waals surface area contributed by atoms with E-state index in [4.69, 9.17) is 9.05 Å². The van der Waals surface area contributed by atoms with Gasteiger partial charge in [-0.25, -0.2) is 9.24 Å². The quantitative estimate of drug-likeness (QED) is 0.413. The summed E-state index contributed by atoms with van der Waals surface area (Å²) in [6, 6.07) is 0.230. The molecule has 16 heavy (non-hydrogen) atoms. The molecular weight excluding hydrogens is 233 g/mol. The molecule has 2 fully saturated rings. The summed E-state index contributed by atoms with van der Waals surface area (Å²) in [6.07, 6.45) is 0. The smallest absolute Gasteiger partial charge is 0.408 e. The molecule has 0 amide bonds. The van der Waals surface area contributed by atoms with E-state index in [2.05, 4.69) is 4.74 Å². The van der Waals surface area contributed by atoms with E-state index in [1.165, 1.54) is 7.11 Å². The molecule has 0 saturated carbocycles. The zero-order valence-corrected chi connectivity index (χ0v) is 10.5. The number of hydrogen-bond acceptors (Lipinski definition) is 5. The van der Waals surface area contributed by atoms with Crippen LogP contribution in [0.15, 0.2) is 0 Å². The van der Waals surface area contributed by atoms with Crippen molar-refractivity contribution in [1.82, 2.24) is 4.67 Å². The van der Waals surface area contributed by atoms with Gasteiger partial charge in [0.05, 0.1) is 20.3 Å². The molecule has 0 aromatic carbocycles. The van der Waals surface area contributed by atoms with E-state index in [-0.39, 0.29) is 19.3 Å². The molecule has 2 aliphatic rings. The van der Waals surface area contributed by atoms with Crippen LogP contribution in [-0.2, 0) is 23.1 Å². The molecule has 2 saturated heterocycles. The Bertz CT molecular complexity index is 346. The van der Waals surface area contributed by atoms with Gasteiger partial charge in [-0.15, -0.1) is 0 Å². The number of rotatable bonds is 2. The number of ether oxygens (including phenoxy) is 1. The van der Waals surface area contributed by atoms with Gasteiger partial charge in [-0.1, -0.05) is 0 Å². The topological polar surface area (TPSA) is 64.8 Å². The van der Waals surface area contributed by atoms with Crippen LogP contribution >= 0.6 is 7.75 Å². The van der Waals surface area contributed by atoms with Crippen molar-refractivity contribution < 1.29 is 23.1 Å². The molecule has 0 aromatic rings. The summed E-state index contributed by atoms with van der Waals surface area (Å²) in [5.41, 5.74) is -0.859. The van der Waals surface area contributed by atoms with Crippen molar-refractivity contribution in [2.24, 2.45) is 5.41 Å². The lowest BCUT2D eigenvalue weighted by Crippen LogP contribution is -2.41. The Kier molecular flexibility index (Phi) is 2.87. The van der Waals surface area contributed by atoms with Crippen LogP contribution in [0.1, 0.15) is 13.8 Å². The Labute approximate surface area is 94.4 Å². The van der Waals surface area contributed by atoms with E-state index >= 15 is 0 Å². The fraction of sp³-hybridized carbons (Fsp3) is 0.889. The Morgan fingerprint density at radius 3 is 2.38 bits per heavy atom. The molecule has 92 valence electrons. The molecule has 0 aliphatic carbocycles. The van der Waals surface area contributed by atoms with E-state index in [9.17, 15) is 9.36 Å². The van der Waals surface area contributed by atoms with Gasteiger partial charge in [-0.3, -0.25) is 13.8 Å². The van der Waals surface area contributed by atoms with E-state index in [1.807, 2.05) is 6.92 Å². The summed E-state index contributed by atoms with van der Waals surface area (Å²) in [5.74, 6) is -0.405. The monoisotopic (exact) mass is 249 g/mol. The zero-order valence-electron chi connectivity index (χ0n) is 9.63. The predicted molar refractivity (Wildman–Crippen MR) is 55.8 cm³/mol. The summed E-state index contributed by atoms with van der Waals surface area (Å²) >= 11 is 0. The molecule has 0 aromatic heterocycles. The van der Waals surface area contributed by atoms with Gasteiger partial charge in [-0.2, -0.15) is 0 Å². The van der Waals surface area contributed by atoms with Crippen molar-refractivity contribution in [1.29, 1.82) is 0 Å². The van der Waals surface area contributed by atoms with Crippen LogP contribution < -0.4 is 0 Å². The largest absolute Gasteiger partial charge is 0.468 e. The van der Waals surface area contributed by atoms with Gasteiger partial charge in [0.2, 0.25) is 0 Å². The molecule has 0 bridgehead atoms. The highest BCUT2D eigenvalue weighted by Gasteiger charge is 2.53. The van der Waals surface area contributed by atoms with Crippen molar-refractivity contribution >= 4 is 13.7 Å². The molecular formula is C9H16NO5P. The first-order valence-electron chi connectivity index (χ1n) is 5.16. The number of esters is 1. The van der Waals surface area contributed by atoms with Crippen LogP contribution in [0.25, 0.3) is 0 Å². The van der Waals surface area contributed by atoms with Crippen molar-refractivity contribution in [2.75, 3.05) is 26.9 Å². The third-order valence-corrected chi connectivity index (χ3v) is 5.01. The fourth-order valence-electron chi connectivity index (χ4n) is 1.60. The minimum Gasteiger partial charge on any atom is -0.468 e. The van der Waals surface area contributed by atoms with Crippen molar-refractivity contribution in [3.8, 4) is 0 Å². The van der Waals surface area contributed by atoms with Gasteiger partial charge in [-0.05, 0) is 13.8 Å². The molecule has 2 heterocycles. The number of carbonyl (C=O) groups excluding carboxylic acids is 1. The van der Waals surface area contributed by atoms with Gasteiger partial charge >= 0.3 is 13.7 Å². The summed E-state index contributed by atoms with van der Waals surface area (Å²) in [6.45, 7) is 4.47. The SMILES string of the molecule is COC(=O)C1(C)COP(=O)(N2C[C@@H]2C)OC1.